The molecule has 19 heavy (non-hydrogen) atoms. The highest BCUT2D eigenvalue weighted by molar-refractivity contribution is 5.23. The molecule has 2 atom stereocenters. The molecular formula is C16H26N2O. The van der Waals surface area contributed by atoms with Gasteiger partial charge in [0.15, 0.2) is 0 Å². The molecule has 0 aliphatic carbocycles. The Morgan fingerprint density at radius 2 is 2.16 bits per heavy atom. The lowest BCUT2D eigenvalue weighted by molar-refractivity contribution is 0.126. The second-order valence-electron chi connectivity index (χ2n) is 5.75. The van der Waals surface area contributed by atoms with Gasteiger partial charge in [-0.2, -0.15) is 0 Å². The molecule has 0 amide bonds. The number of rotatable bonds is 5. The minimum Gasteiger partial charge on any atom is -0.380 e. The van der Waals surface area contributed by atoms with E-state index in [4.69, 9.17) is 10.5 Å². The molecule has 0 saturated carbocycles. The normalized spacial score (nSPS) is 24.6. The number of ether oxygens (including phenoxy) is 1. The molecule has 1 aliphatic heterocycles. The highest BCUT2D eigenvalue weighted by Crippen LogP contribution is 2.23. The molecule has 2 rings (SSSR count). The predicted molar refractivity (Wildman–Crippen MR) is 78.8 cm³/mol. The van der Waals surface area contributed by atoms with Gasteiger partial charge in [0, 0.05) is 20.2 Å². The van der Waals surface area contributed by atoms with Gasteiger partial charge in [-0.1, -0.05) is 31.2 Å². The lowest BCUT2D eigenvalue weighted by atomic mass is 9.87. The lowest BCUT2D eigenvalue weighted by Crippen LogP contribution is -2.42. The second kappa shape index (κ2) is 7.04. The Balaban J connectivity index is 1.95. The third kappa shape index (κ3) is 4.03. The highest BCUT2D eigenvalue weighted by atomic mass is 16.5. The second-order valence-corrected chi connectivity index (χ2v) is 5.75. The summed E-state index contributed by atoms with van der Waals surface area (Å²) in [4.78, 5) is 2.53. The van der Waals surface area contributed by atoms with Crippen LogP contribution in [0, 0.1) is 11.8 Å². The molecule has 1 heterocycles. The molecule has 1 aromatic carbocycles. The number of likely N-dealkylation sites (tertiary alicyclic amines) is 1. The third-order valence-corrected chi connectivity index (χ3v) is 4.21. The zero-order valence-corrected chi connectivity index (χ0v) is 12.1. The van der Waals surface area contributed by atoms with Gasteiger partial charge in [-0.25, -0.2) is 0 Å². The first-order valence-electron chi connectivity index (χ1n) is 7.22. The summed E-state index contributed by atoms with van der Waals surface area (Å²) in [6.07, 6.45) is 1.26. The monoisotopic (exact) mass is 262 g/mol. The van der Waals surface area contributed by atoms with E-state index in [2.05, 4.69) is 36.1 Å². The zero-order valence-electron chi connectivity index (χ0n) is 12.1. The van der Waals surface area contributed by atoms with Crippen molar-refractivity contribution in [3.8, 4) is 0 Å². The summed E-state index contributed by atoms with van der Waals surface area (Å²) in [5.41, 5.74) is 8.50. The lowest BCUT2D eigenvalue weighted by Gasteiger charge is -2.36. The van der Waals surface area contributed by atoms with E-state index in [9.17, 15) is 0 Å². The van der Waals surface area contributed by atoms with Crippen molar-refractivity contribution in [3.63, 3.8) is 0 Å². The van der Waals surface area contributed by atoms with Gasteiger partial charge >= 0.3 is 0 Å². The number of piperidine rings is 1. The number of nitrogens with two attached hydrogens (primary N) is 1. The van der Waals surface area contributed by atoms with Crippen LogP contribution in [0.15, 0.2) is 24.3 Å². The third-order valence-electron chi connectivity index (χ3n) is 4.21. The van der Waals surface area contributed by atoms with Crippen LogP contribution in [-0.2, 0) is 17.9 Å². The fraction of sp³-hybridized carbons (Fsp3) is 0.625. The van der Waals surface area contributed by atoms with Crippen LogP contribution < -0.4 is 5.73 Å². The first-order valence-corrected chi connectivity index (χ1v) is 7.22. The van der Waals surface area contributed by atoms with Gasteiger partial charge in [0.25, 0.3) is 0 Å². The van der Waals surface area contributed by atoms with E-state index in [-0.39, 0.29) is 0 Å². The van der Waals surface area contributed by atoms with Gasteiger partial charge < -0.3 is 10.5 Å². The Bertz CT molecular complexity index is 394. The minimum atomic E-state index is 0.649. The van der Waals surface area contributed by atoms with Crippen LogP contribution in [0.3, 0.4) is 0 Å². The van der Waals surface area contributed by atoms with Gasteiger partial charge in [0.1, 0.15) is 0 Å². The van der Waals surface area contributed by atoms with Gasteiger partial charge in [-0.15, -0.1) is 0 Å². The van der Waals surface area contributed by atoms with Gasteiger partial charge in [-0.05, 0) is 42.5 Å². The molecule has 106 valence electrons. The average Bonchev–Trinajstić information content (AvgIpc) is 2.42. The van der Waals surface area contributed by atoms with Crippen molar-refractivity contribution in [1.29, 1.82) is 0 Å². The van der Waals surface area contributed by atoms with Crippen LogP contribution in [0.2, 0.25) is 0 Å². The van der Waals surface area contributed by atoms with Gasteiger partial charge in [0.05, 0.1) is 6.61 Å². The average molecular weight is 262 g/mol. The number of methoxy groups -OCH3 is 1. The summed E-state index contributed by atoms with van der Waals surface area (Å²) in [5, 5.41) is 0. The van der Waals surface area contributed by atoms with E-state index in [1.807, 2.05) is 0 Å². The van der Waals surface area contributed by atoms with Crippen LogP contribution in [0.25, 0.3) is 0 Å². The number of hydrogen-bond acceptors (Lipinski definition) is 3. The summed E-state index contributed by atoms with van der Waals surface area (Å²) in [6, 6.07) is 8.69. The summed E-state index contributed by atoms with van der Waals surface area (Å²) in [7, 11) is 1.74. The van der Waals surface area contributed by atoms with Crippen LogP contribution in [0.4, 0.5) is 0 Å². The van der Waals surface area contributed by atoms with Crippen molar-refractivity contribution in [2.75, 3.05) is 26.7 Å². The number of hydrogen-bond donors (Lipinski definition) is 1. The maximum atomic E-state index is 5.87. The molecule has 2 unspecified atom stereocenters. The molecule has 1 aromatic rings. The van der Waals surface area contributed by atoms with E-state index in [0.717, 1.165) is 25.6 Å². The van der Waals surface area contributed by atoms with Crippen molar-refractivity contribution < 1.29 is 4.74 Å². The quantitative estimate of drug-likeness (QED) is 0.884. The van der Waals surface area contributed by atoms with Crippen molar-refractivity contribution >= 4 is 0 Å². The molecule has 0 bridgehead atoms. The first-order chi connectivity index (χ1) is 9.22. The molecule has 0 aromatic heterocycles. The van der Waals surface area contributed by atoms with Crippen LogP contribution >= 0.6 is 0 Å². The van der Waals surface area contributed by atoms with Crippen LogP contribution in [-0.4, -0.2) is 31.6 Å². The SMILES string of the molecule is COCc1cccc(CN2CCC(C)C(CN)C2)c1. The predicted octanol–water partition coefficient (Wildman–Crippen LogP) is 2.25. The maximum Gasteiger partial charge on any atom is 0.0713 e. The topological polar surface area (TPSA) is 38.5 Å². The van der Waals surface area contributed by atoms with Crippen molar-refractivity contribution in [3.05, 3.63) is 35.4 Å². The van der Waals surface area contributed by atoms with Crippen LogP contribution in [0.1, 0.15) is 24.5 Å². The van der Waals surface area contributed by atoms with E-state index in [1.54, 1.807) is 7.11 Å². The van der Waals surface area contributed by atoms with Crippen LogP contribution in [0.5, 0.6) is 0 Å². The molecule has 1 fully saturated rings. The molecule has 1 saturated heterocycles. The highest BCUT2D eigenvalue weighted by Gasteiger charge is 2.24. The summed E-state index contributed by atoms with van der Waals surface area (Å²) in [6.45, 7) is 7.17. The first kappa shape index (κ1) is 14.5. The standard InChI is InChI=1S/C16H26N2O/c1-13-6-7-18(11-16(13)9-17)10-14-4-3-5-15(8-14)12-19-2/h3-5,8,13,16H,6-7,9-12,17H2,1-2H3. The molecular weight excluding hydrogens is 236 g/mol. The molecule has 3 nitrogen and oxygen atoms in total. The summed E-state index contributed by atoms with van der Waals surface area (Å²) in [5.74, 6) is 1.41. The van der Waals surface area contributed by atoms with Gasteiger partial charge in [-0.3, -0.25) is 4.90 Å². The number of nitrogens with zero attached hydrogens (tertiary/aromatic N) is 1. The fourth-order valence-corrected chi connectivity index (χ4v) is 2.92. The van der Waals surface area contributed by atoms with Crippen molar-refractivity contribution in [2.24, 2.45) is 17.6 Å². The summed E-state index contributed by atoms with van der Waals surface area (Å²) < 4.78 is 5.19. The molecule has 2 N–H and O–H groups in total. The maximum absolute atomic E-state index is 5.87. The van der Waals surface area contributed by atoms with Crippen molar-refractivity contribution in [1.82, 2.24) is 4.90 Å². The molecule has 3 heteroatoms. The fourth-order valence-electron chi connectivity index (χ4n) is 2.92. The Kier molecular flexibility index (Phi) is 5.37. The molecule has 1 aliphatic rings. The Hall–Kier alpha value is -0.900. The molecule has 0 radical (unpaired) electrons. The van der Waals surface area contributed by atoms with E-state index < -0.39 is 0 Å². The molecule has 0 spiro atoms. The van der Waals surface area contributed by atoms with E-state index in [1.165, 1.54) is 24.1 Å². The van der Waals surface area contributed by atoms with E-state index >= 15 is 0 Å². The minimum absolute atomic E-state index is 0.649. The van der Waals surface area contributed by atoms with Crippen molar-refractivity contribution in [2.45, 2.75) is 26.5 Å². The number of benzene rings is 1. The Labute approximate surface area is 116 Å². The summed E-state index contributed by atoms with van der Waals surface area (Å²) >= 11 is 0. The Morgan fingerprint density at radius 1 is 1.37 bits per heavy atom. The Morgan fingerprint density at radius 3 is 2.89 bits per heavy atom. The smallest absolute Gasteiger partial charge is 0.0713 e. The van der Waals surface area contributed by atoms with Gasteiger partial charge in [0.2, 0.25) is 0 Å². The van der Waals surface area contributed by atoms with E-state index in [0.29, 0.717) is 12.5 Å². The largest absolute Gasteiger partial charge is 0.380 e. The zero-order chi connectivity index (χ0) is 13.7.